The minimum absolute atomic E-state index is 0.272. The van der Waals surface area contributed by atoms with Crippen molar-refractivity contribution in [2.24, 2.45) is 0 Å². The van der Waals surface area contributed by atoms with Gasteiger partial charge >= 0.3 is 0 Å². The maximum absolute atomic E-state index is 13.1. The smallest absolute Gasteiger partial charge is 0.291 e. The number of nitrogens with zero attached hydrogens (tertiary/aromatic N) is 3. The molecule has 0 radical (unpaired) electrons. The van der Waals surface area contributed by atoms with Crippen molar-refractivity contribution in [3.63, 3.8) is 0 Å². The fourth-order valence-electron chi connectivity index (χ4n) is 2.91. The van der Waals surface area contributed by atoms with Crippen molar-refractivity contribution in [1.82, 2.24) is 14.6 Å². The molecule has 0 aliphatic heterocycles. The topological polar surface area (TPSA) is 60.4 Å². The molecule has 5 aromatic rings. The van der Waals surface area contributed by atoms with E-state index in [1.807, 2.05) is 36.4 Å². The van der Waals surface area contributed by atoms with Gasteiger partial charge in [-0.05, 0) is 48.5 Å². The monoisotopic (exact) mass is 467 g/mol. The molecular formula is C21H11BrFN3O2S. The summed E-state index contributed by atoms with van der Waals surface area (Å²) >= 11 is 4.67. The molecule has 3 heterocycles. The summed E-state index contributed by atoms with van der Waals surface area (Å²) in [7, 11) is 0. The van der Waals surface area contributed by atoms with Gasteiger partial charge in [0.2, 0.25) is 4.96 Å². The van der Waals surface area contributed by atoms with Crippen molar-refractivity contribution >= 4 is 38.3 Å². The van der Waals surface area contributed by atoms with E-state index in [0.717, 1.165) is 10.0 Å². The van der Waals surface area contributed by atoms with Crippen LogP contribution in [0, 0.1) is 5.82 Å². The van der Waals surface area contributed by atoms with E-state index in [2.05, 4.69) is 26.0 Å². The zero-order valence-electron chi connectivity index (χ0n) is 14.7. The van der Waals surface area contributed by atoms with Crippen molar-refractivity contribution in [2.45, 2.75) is 0 Å². The van der Waals surface area contributed by atoms with E-state index in [1.54, 1.807) is 18.2 Å². The van der Waals surface area contributed by atoms with Crippen LogP contribution in [0.15, 0.2) is 74.3 Å². The molecule has 0 aliphatic rings. The van der Waals surface area contributed by atoms with Crippen LogP contribution in [0.1, 0.15) is 5.76 Å². The summed E-state index contributed by atoms with van der Waals surface area (Å²) in [4.78, 5) is 17.5. The second-order valence-electron chi connectivity index (χ2n) is 6.26. The molecule has 3 aromatic heterocycles. The van der Waals surface area contributed by atoms with Crippen LogP contribution < -0.4 is 10.1 Å². The van der Waals surface area contributed by atoms with Crippen LogP contribution in [0.2, 0.25) is 0 Å². The lowest BCUT2D eigenvalue weighted by atomic mass is 10.2. The summed E-state index contributed by atoms with van der Waals surface area (Å²) < 4.78 is 21.6. The fraction of sp³-hybridized carbons (Fsp3) is 0. The Labute approximate surface area is 175 Å². The number of aromatic nitrogens is 3. The number of furan rings is 1. The Kier molecular flexibility index (Phi) is 4.37. The van der Waals surface area contributed by atoms with Crippen molar-refractivity contribution < 1.29 is 8.81 Å². The standard InChI is InChI=1S/C21H11BrFN3O2S/c22-14-3-1-2-13(10-14)17-9-8-16(28-17)11-18-20(27)26-21(29-18)24-19(25-26)12-4-6-15(23)7-5-12/h1-11H/b18-11-. The van der Waals surface area contributed by atoms with Gasteiger partial charge in [-0.2, -0.15) is 9.50 Å². The summed E-state index contributed by atoms with van der Waals surface area (Å²) in [6, 6.07) is 17.3. The molecule has 5 nitrogen and oxygen atoms in total. The molecule has 0 amide bonds. The highest BCUT2D eigenvalue weighted by molar-refractivity contribution is 9.10. The fourth-order valence-corrected chi connectivity index (χ4v) is 4.20. The van der Waals surface area contributed by atoms with E-state index in [9.17, 15) is 9.18 Å². The van der Waals surface area contributed by atoms with Crippen LogP contribution in [0.5, 0.6) is 0 Å². The molecule has 0 atom stereocenters. The van der Waals surface area contributed by atoms with Crippen LogP contribution in [-0.4, -0.2) is 14.6 Å². The molecule has 29 heavy (non-hydrogen) atoms. The molecule has 0 fully saturated rings. The molecule has 0 saturated heterocycles. The van der Waals surface area contributed by atoms with Gasteiger partial charge in [0.15, 0.2) is 5.82 Å². The first-order valence-electron chi connectivity index (χ1n) is 8.60. The molecule has 0 saturated carbocycles. The molecular weight excluding hydrogens is 457 g/mol. The van der Waals surface area contributed by atoms with Gasteiger partial charge in [0.05, 0.1) is 0 Å². The van der Waals surface area contributed by atoms with E-state index < -0.39 is 0 Å². The summed E-state index contributed by atoms with van der Waals surface area (Å²) in [6.45, 7) is 0. The molecule has 0 spiro atoms. The number of hydrogen-bond donors (Lipinski definition) is 0. The molecule has 2 aromatic carbocycles. The zero-order chi connectivity index (χ0) is 20.0. The Bertz CT molecular complexity index is 1450. The van der Waals surface area contributed by atoms with Crippen LogP contribution >= 0.6 is 27.3 Å². The van der Waals surface area contributed by atoms with Crippen molar-refractivity contribution in [3.8, 4) is 22.7 Å². The summed E-state index contributed by atoms with van der Waals surface area (Å²) in [5.41, 5.74) is 1.32. The van der Waals surface area contributed by atoms with Crippen LogP contribution in [-0.2, 0) is 0 Å². The highest BCUT2D eigenvalue weighted by atomic mass is 79.9. The first-order valence-corrected chi connectivity index (χ1v) is 10.2. The van der Waals surface area contributed by atoms with Gasteiger partial charge in [-0.15, -0.1) is 5.10 Å². The lowest BCUT2D eigenvalue weighted by Gasteiger charge is -1.96. The van der Waals surface area contributed by atoms with Gasteiger partial charge in [0.1, 0.15) is 21.9 Å². The Morgan fingerprint density at radius 1 is 1.07 bits per heavy atom. The average Bonchev–Trinajstić information content (AvgIpc) is 3.41. The van der Waals surface area contributed by atoms with Crippen molar-refractivity contribution in [3.05, 3.63) is 91.6 Å². The van der Waals surface area contributed by atoms with E-state index in [0.29, 0.717) is 32.4 Å². The van der Waals surface area contributed by atoms with E-state index in [-0.39, 0.29) is 11.4 Å². The molecule has 5 rings (SSSR count). The first-order chi connectivity index (χ1) is 14.1. The normalized spacial score (nSPS) is 12.1. The van der Waals surface area contributed by atoms with Crippen LogP contribution in [0.25, 0.3) is 33.7 Å². The van der Waals surface area contributed by atoms with E-state index in [4.69, 9.17) is 4.42 Å². The number of thiazole rings is 1. The number of halogens is 2. The van der Waals surface area contributed by atoms with E-state index >= 15 is 0 Å². The summed E-state index contributed by atoms with van der Waals surface area (Å²) in [6.07, 6.45) is 1.68. The Morgan fingerprint density at radius 3 is 2.66 bits per heavy atom. The second kappa shape index (κ2) is 7.06. The Hall–Kier alpha value is -3.10. The van der Waals surface area contributed by atoms with Gasteiger partial charge in [-0.25, -0.2) is 4.39 Å². The Balaban J connectivity index is 1.52. The molecule has 142 valence electrons. The number of rotatable bonds is 3. The Morgan fingerprint density at radius 2 is 1.90 bits per heavy atom. The minimum Gasteiger partial charge on any atom is -0.457 e. The predicted octanol–water partition coefficient (Wildman–Crippen LogP) is 4.53. The molecule has 0 bridgehead atoms. The predicted molar refractivity (Wildman–Crippen MR) is 113 cm³/mol. The number of benzene rings is 2. The van der Waals surface area contributed by atoms with E-state index in [1.165, 1.54) is 28.0 Å². The van der Waals surface area contributed by atoms with Gasteiger partial charge in [-0.3, -0.25) is 4.79 Å². The zero-order valence-corrected chi connectivity index (χ0v) is 17.1. The maximum Gasteiger partial charge on any atom is 0.291 e. The lowest BCUT2D eigenvalue weighted by molar-refractivity contribution is 0.571. The average molecular weight is 468 g/mol. The van der Waals surface area contributed by atoms with Gasteiger partial charge in [0, 0.05) is 21.7 Å². The lowest BCUT2D eigenvalue weighted by Crippen LogP contribution is -2.23. The second-order valence-corrected chi connectivity index (χ2v) is 8.19. The first kappa shape index (κ1) is 18.0. The highest BCUT2D eigenvalue weighted by Crippen LogP contribution is 2.25. The molecule has 8 heteroatoms. The van der Waals surface area contributed by atoms with Crippen molar-refractivity contribution in [1.29, 1.82) is 0 Å². The third-order valence-electron chi connectivity index (χ3n) is 4.29. The summed E-state index contributed by atoms with van der Waals surface area (Å²) in [5, 5.41) is 4.26. The third-order valence-corrected chi connectivity index (χ3v) is 5.75. The van der Waals surface area contributed by atoms with Crippen LogP contribution in [0.4, 0.5) is 4.39 Å². The molecule has 0 aliphatic carbocycles. The minimum atomic E-state index is -0.336. The van der Waals surface area contributed by atoms with Crippen molar-refractivity contribution in [2.75, 3.05) is 0 Å². The summed E-state index contributed by atoms with van der Waals surface area (Å²) in [5.74, 6) is 1.33. The molecule has 0 N–H and O–H groups in total. The van der Waals surface area contributed by atoms with Gasteiger partial charge in [0.25, 0.3) is 5.56 Å². The quantitative estimate of drug-likeness (QED) is 0.391. The largest absolute Gasteiger partial charge is 0.457 e. The molecule has 0 unspecified atom stereocenters. The maximum atomic E-state index is 13.1. The SMILES string of the molecule is O=c1/c(=C/c2ccc(-c3cccc(Br)c3)o2)sc2nc(-c3ccc(F)cc3)nn12. The number of fused-ring (bicyclic) bond motifs is 1. The van der Waals surface area contributed by atoms with Crippen LogP contribution in [0.3, 0.4) is 0 Å². The van der Waals surface area contributed by atoms with Gasteiger partial charge in [-0.1, -0.05) is 39.4 Å². The third kappa shape index (κ3) is 3.41. The highest BCUT2D eigenvalue weighted by Gasteiger charge is 2.12. The van der Waals surface area contributed by atoms with Gasteiger partial charge < -0.3 is 4.42 Å². The number of hydrogen-bond acceptors (Lipinski definition) is 5.